The van der Waals surface area contributed by atoms with Crippen molar-refractivity contribution in [1.82, 2.24) is 10.2 Å². The third-order valence-corrected chi connectivity index (χ3v) is 3.25. The van der Waals surface area contributed by atoms with Crippen molar-refractivity contribution in [1.29, 1.82) is 0 Å². The maximum absolute atomic E-state index is 11.9. The summed E-state index contributed by atoms with van der Waals surface area (Å²) in [7, 11) is 0. The number of rotatable bonds is 5. The van der Waals surface area contributed by atoms with Crippen molar-refractivity contribution in [3.63, 3.8) is 0 Å². The number of piperidine rings is 1. The van der Waals surface area contributed by atoms with Gasteiger partial charge in [0, 0.05) is 13.1 Å². The van der Waals surface area contributed by atoms with Gasteiger partial charge in [-0.1, -0.05) is 0 Å². The van der Waals surface area contributed by atoms with E-state index in [4.69, 9.17) is 5.11 Å². The van der Waals surface area contributed by atoms with Gasteiger partial charge in [-0.05, 0) is 26.2 Å². The lowest BCUT2D eigenvalue weighted by Gasteiger charge is -2.35. The second-order valence-electron chi connectivity index (χ2n) is 5.25. The molecule has 2 atom stereocenters. The van der Waals surface area contributed by atoms with Crippen molar-refractivity contribution in [2.75, 3.05) is 19.7 Å². The maximum atomic E-state index is 11.9. The second kappa shape index (κ2) is 6.72. The molecule has 1 rings (SSSR count). The predicted octanol–water partition coefficient (Wildman–Crippen LogP) is -0.231. The van der Waals surface area contributed by atoms with E-state index in [1.54, 1.807) is 4.90 Å². The summed E-state index contributed by atoms with van der Waals surface area (Å²) >= 11 is 0. The Balaban J connectivity index is 2.47. The number of nitrogens with zero attached hydrogens (tertiary/aromatic N) is 1. The molecule has 1 aliphatic rings. The quantitative estimate of drug-likeness (QED) is 0.553. The van der Waals surface area contributed by atoms with Gasteiger partial charge in [-0.3, -0.25) is 4.79 Å². The summed E-state index contributed by atoms with van der Waals surface area (Å²) in [6.45, 7) is 1.71. The molecule has 0 bridgehead atoms. The fraction of sp³-hybridized carbons (Fsp3) is 0.833. The first-order valence-corrected chi connectivity index (χ1v) is 6.45. The maximum Gasteiger partial charge on any atom is 0.317 e. The first-order chi connectivity index (χ1) is 8.85. The van der Waals surface area contributed by atoms with E-state index in [-0.39, 0.29) is 25.2 Å². The van der Waals surface area contributed by atoms with Crippen molar-refractivity contribution in [2.24, 2.45) is 0 Å². The zero-order valence-corrected chi connectivity index (χ0v) is 11.1. The average Bonchev–Trinajstić information content (AvgIpc) is 2.34. The van der Waals surface area contributed by atoms with Crippen LogP contribution in [0.1, 0.15) is 32.6 Å². The number of aliphatic hydroxyl groups is 2. The van der Waals surface area contributed by atoms with Crippen LogP contribution in [0.2, 0.25) is 0 Å². The highest BCUT2D eigenvalue weighted by Gasteiger charge is 2.29. The van der Waals surface area contributed by atoms with Crippen LogP contribution in [0.15, 0.2) is 0 Å². The van der Waals surface area contributed by atoms with Gasteiger partial charge in [-0.15, -0.1) is 0 Å². The third kappa shape index (κ3) is 5.04. The van der Waals surface area contributed by atoms with Crippen LogP contribution in [-0.2, 0) is 4.79 Å². The molecule has 0 aromatic rings. The van der Waals surface area contributed by atoms with E-state index in [2.05, 4.69) is 5.32 Å². The van der Waals surface area contributed by atoms with E-state index >= 15 is 0 Å². The highest BCUT2D eigenvalue weighted by molar-refractivity contribution is 5.75. The number of carboxylic acid groups (broad SMARTS) is 1. The predicted molar refractivity (Wildman–Crippen MR) is 67.7 cm³/mol. The molecule has 0 aliphatic carbocycles. The van der Waals surface area contributed by atoms with E-state index in [0.29, 0.717) is 6.54 Å². The minimum absolute atomic E-state index is 0.0844. The molecule has 2 amide bonds. The van der Waals surface area contributed by atoms with Gasteiger partial charge in [-0.25, -0.2) is 4.79 Å². The van der Waals surface area contributed by atoms with Crippen LogP contribution in [0.25, 0.3) is 0 Å². The molecule has 1 heterocycles. The molecule has 0 aromatic heterocycles. The normalized spacial score (nSPS) is 22.7. The van der Waals surface area contributed by atoms with E-state index in [9.17, 15) is 19.8 Å². The number of carbonyl (C=O) groups excluding carboxylic acids is 1. The number of aliphatic carboxylic acids is 1. The van der Waals surface area contributed by atoms with E-state index in [0.717, 1.165) is 19.3 Å². The van der Waals surface area contributed by atoms with Crippen LogP contribution in [0, 0.1) is 0 Å². The monoisotopic (exact) mass is 274 g/mol. The number of urea groups is 1. The first-order valence-electron chi connectivity index (χ1n) is 6.45. The molecule has 1 saturated heterocycles. The van der Waals surface area contributed by atoms with Gasteiger partial charge >= 0.3 is 12.0 Å². The largest absolute Gasteiger partial charge is 0.481 e. The second-order valence-corrected chi connectivity index (χ2v) is 5.25. The summed E-state index contributed by atoms with van der Waals surface area (Å²) in [5, 5.41) is 30.2. The summed E-state index contributed by atoms with van der Waals surface area (Å²) in [5.41, 5.74) is -1.48. The zero-order valence-electron chi connectivity index (χ0n) is 11.1. The molecule has 0 aromatic carbocycles. The standard InChI is InChI=1S/C12H22N2O5/c1-12(19,6-10(16)17)8-13-11(18)14-5-3-2-4-9(14)7-15/h9,15,19H,2-8H2,1H3,(H,13,18)(H,16,17). The van der Waals surface area contributed by atoms with Gasteiger partial charge in [0.2, 0.25) is 0 Å². The lowest BCUT2D eigenvalue weighted by atomic mass is 10.0. The van der Waals surface area contributed by atoms with Crippen LogP contribution in [-0.4, -0.2) is 63.6 Å². The lowest BCUT2D eigenvalue weighted by Crippen LogP contribution is -2.53. The molecule has 4 N–H and O–H groups in total. The smallest absolute Gasteiger partial charge is 0.317 e. The van der Waals surface area contributed by atoms with Crippen LogP contribution in [0.3, 0.4) is 0 Å². The van der Waals surface area contributed by atoms with Gasteiger partial charge in [-0.2, -0.15) is 0 Å². The Morgan fingerprint density at radius 1 is 1.42 bits per heavy atom. The Kier molecular flexibility index (Phi) is 5.56. The van der Waals surface area contributed by atoms with Crippen LogP contribution in [0.5, 0.6) is 0 Å². The highest BCUT2D eigenvalue weighted by atomic mass is 16.4. The topological polar surface area (TPSA) is 110 Å². The Hall–Kier alpha value is -1.34. The SMILES string of the molecule is CC(O)(CNC(=O)N1CCCCC1CO)CC(=O)O. The number of carbonyl (C=O) groups is 2. The minimum Gasteiger partial charge on any atom is -0.481 e. The van der Waals surface area contributed by atoms with Crippen molar-refractivity contribution in [2.45, 2.75) is 44.2 Å². The molecular formula is C12H22N2O5. The summed E-state index contributed by atoms with van der Waals surface area (Å²) in [4.78, 5) is 24.0. The van der Waals surface area contributed by atoms with Gasteiger partial charge in [0.05, 0.1) is 24.7 Å². The van der Waals surface area contributed by atoms with Crippen LogP contribution >= 0.6 is 0 Å². The Bertz CT molecular complexity index is 332. The molecule has 1 aliphatic heterocycles. The fourth-order valence-electron chi connectivity index (χ4n) is 2.21. The first kappa shape index (κ1) is 15.7. The Labute approximate surface area is 112 Å². The van der Waals surface area contributed by atoms with E-state index in [1.165, 1.54) is 6.92 Å². The molecule has 7 heteroatoms. The van der Waals surface area contributed by atoms with Crippen LogP contribution < -0.4 is 5.32 Å². The van der Waals surface area contributed by atoms with Crippen LogP contribution in [0.4, 0.5) is 4.79 Å². The van der Waals surface area contributed by atoms with Crippen molar-refractivity contribution < 1.29 is 24.9 Å². The molecular weight excluding hydrogens is 252 g/mol. The number of likely N-dealkylation sites (tertiary alicyclic amines) is 1. The number of hydrogen-bond acceptors (Lipinski definition) is 4. The minimum atomic E-state index is -1.48. The van der Waals surface area contributed by atoms with Gasteiger partial charge in [0.1, 0.15) is 0 Å². The summed E-state index contributed by atoms with van der Waals surface area (Å²) in [6.07, 6.45) is 2.19. The lowest BCUT2D eigenvalue weighted by molar-refractivity contribution is -0.141. The Morgan fingerprint density at radius 2 is 2.11 bits per heavy atom. The molecule has 1 fully saturated rings. The number of nitrogens with one attached hydrogen (secondary N) is 1. The van der Waals surface area contributed by atoms with Crippen molar-refractivity contribution in [3.8, 4) is 0 Å². The van der Waals surface area contributed by atoms with Crippen molar-refractivity contribution >= 4 is 12.0 Å². The van der Waals surface area contributed by atoms with Gasteiger partial charge in [0.25, 0.3) is 0 Å². The van der Waals surface area contributed by atoms with E-state index in [1.807, 2.05) is 0 Å². The molecule has 0 saturated carbocycles. The molecule has 110 valence electrons. The number of amides is 2. The number of aliphatic hydroxyl groups excluding tert-OH is 1. The Morgan fingerprint density at radius 3 is 2.68 bits per heavy atom. The fourth-order valence-corrected chi connectivity index (χ4v) is 2.21. The van der Waals surface area contributed by atoms with Gasteiger partial charge in [0.15, 0.2) is 0 Å². The van der Waals surface area contributed by atoms with Crippen molar-refractivity contribution in [3.05, 3.63) is 0 Å². The van der Waals surface area contributed by atoms with Gasteiger partial charge < -0.3 is 25.5 Å². The molecule has 19 heavy (non-hydrogen) atoms. The molecule has 0 radical (unpaired) electrons. The molecule has 2 unspecified atom stereocenters. The summed E-state index contributed by atoms with van der Waals surface area (Å²) in [5.74, 6) is -1.12. The third-order valence-electron chi connectivity index (χ3n) is 3.25. The van der Waals surface area contributed by atoms with E-state index < -0.39 is 18.0 Å². The zero-order chi connectivity index (χ0) is 14.5. The molecule has 0 spiro atoms. The number of carboxylic acids is 1. The summed E-state index contributed by atoms with van der Waals surface area (Å²) < 4.78 is 0. The highest BCUT2D eigenvalue weighted by Crippen LogP contribution is 2.17. The molecule has 7 nitrogen and oxygen atoms in total. The number of hydrogen-bond donors (Lipinski definition) is 4. The summed E-state index contributed by atoms with van der Waals surface area (Å²) in [6, 6.07) is -0.567. The average molecular weight is 274 g/mol.